The van der Waals surface area contributed by atoms with Gasteiger partial charge in [0.05, 0.1) is 12.0 Å². The van der Waals surface area contributed by atoms with Crippen molar-refractivity contribution >= 4 is 12.0 Å². The fourth-order valence-corrected chi connectivity index (χ4v) is 3.61. The predicted molar refractivity (Wildman–Crippen MR) is 105 cm³/mol. The quantitative estimate of drug-likeness (QED) is 0.731. The van der Waals surface area contributed by atoms with E-state index in [0.29, 0.717) is 45.1 Å². The molecule has 0 spiro atoms. The molecule has 1 saturated heterocycles. The van der Waals surface area contributed by atoms with Gasteiger partial charge in [-0.2, -0.15) is 0 Å². The minimum atomic E-state index is -0.578. The maximum absolute atomic E-state index is 13.2. The largest absolute Gasteiger partial charge is 0.450 e. The van der Waals surface area contributed by atoms with Crippen LogP contribution in [0, 0.1) is 5.92 Å². The summed E-state index contributed by atoms with van der Waals surface area (Å²) in [5.41, 5.74) is 0.441. The Balaban J connectivity index is 2.07. The summed E-state index contributed by atoms with van der Waals surface area (Å²) in [5, 5.41) is 5.94. The molecule has 0 aliphatic carbocycles. The summed E-state index contributed by atoms with van der Waals surface area (Å²) in [6.07, 6.45) is 1.63. The highest BCUT2D eigenvalue weighted by Gasteiger charge is 2.41. The number of carbonyl (C=O) groups excluding carboxylic acids is 2. The van der Waals surface area contributed by atoms with Crippen molar-refractivity contribution in [1.82, 2.24) is 10.6 Å². The van der Waals surface area contributed by atoms with Crippen LogP contribution in [0.15, 0.2) is 30.3 Å². The number of ether oxygens (including phenoxy) is 2. The predicted octanol–water partition coefficient (Wildman–Crippen LogP) is 3.01. The third kappa shape index (κ3) is 5.96. The Morgan fingerprint density at radius 1 is 1.19 bits per heavy atom. The van der Waals surface area contributed by atoms with E-state index in [2.05, 4.69) is 24.5 Å². The van der Waals surface area contributed by atoms with E-state index >= 15 is 0 Å². The number of carbonyl (C=O) groups is 2. The molecule has 1 aromatic rings. The molecular weight excluding hydrogens is 344 g/mol. The van der Waals surface area contributed by atoms with Crippen LogP contribution in [0.25, 0.3) is 0 Å². The first kappa shape index (κ1) is 21.2. The van der Waals surface area contributed by atoms with E-state index in [1.54, 1.807) is 6.92 Å². The highest BCUT2D eigenvalue weighted by molar-refractivity contribution is 5.88. The van der Waals surface area contributed by atoms with Crippen LogP contribution in [0.5, 0.6) is 0 Å². The van der Waals surface area contributed by atoms with Crippen LogP contribution in [0.4, 0.5) is 4.79 Å². The van der Waals surface area contributed by atoms with Gasteiger partial charge in [0.2, 0.25) is 5.91 Å². The molecule has 6 heteroatoms. The lowest BCUT2D eigenvalue weighted by atomic mass is 9.73. The molecular formula is C21H32N2O4. The second kappa shape index (κ2) is 10.3. The summed E-state index contributed by atoms with van der Waals surface area (Å²) in [4.78, 5) is 25.0. The van der Waals surface area contributed by atoms with E-state index in [-0.39, 0.29) is 11.9 Å². The molecule has 150 valence electrons. The number of nitrogens with one attached hydrogen (secondary N) is 2. The molecule has 1 aliphatic rings. The molecule has 2 rings (SSSR count). The highest BCUT2D eigenvalue weighted by atomic mass is 16.5. The maximum Gasteiger partial charge on any atom is 0.407 e. The Bertz CT molecular complexity index is 597. The lowest BCUT2D eigenvalue weighted by Gasteiger charge is -2.36. The Labute approximate surface area is 162 Å². The van der Waals surface area contributed by atoms with Crippen molar-refractivity contribution < 1.29 is 19.1 Å². The third-order valence-electron chi connectivity index (χ3n) is 4.97. The number of hydrogen-bond donors (Lipinski definition) is 2. The van der Waals surface area contributed by atoms with Gasteiger partial charge in [0.1, 0.15) is 0 Å². The third-order valence-corrected chi connectivity index (χ3v) is 4.97. The van der Waals surface area contributed by atoms with Crippen LogP contribution >= 0.6 is 0 Å². The molecule has 27 heavy (non-hydrogen) atoms. The first-order chi connectivity index (χ1) is 13.0. The van der Waals surface area contributed by atoms with E-state index in [1.165, 1.54) is 0 Å². The molecule has 1 fully saturated rings. The Morgan fingerprint density at radius 3 is 2.44 bits per heavy atom. The van der Waals surface area contributed by atoms with Crippen molar-refractivity contribution in [2.24, 2.45) is 5.92 Å². The van der Waals surface area contributed by atoms with Gasteiger partial charge < -0.3 is 20.1 Å². The fourth-order valence-electron chi connectivity index (χ4n) is 3.61. The van der Waals surface area contributed by atoms with E-state index < -0.39 is 11.5 Å². The van der Waals surface area contributed by atoms with E-state index in [0.717, 1.165) is 12.0 Å². The van der Waals surface area contributed by atoms with Crippen LogP contribution < -0.4 is 10.6 Å². The van der Waals surface area contributed by atoms with Crippen molar-refractivity contribution in [3.05, 3.63) is 35.9 Å². The molecule has 1 aromatic carbocycles. The van der Waals surface area contributed by atoms with Crippen molar-refractivity contribution in [3.8, 4) is 0 Å². The second-order valence-electron chi connectivity index (χ2n) is 7.46. The van der Waals surface area contributed by atoms with Crippen molar-refractivity contribution in [3.63, 3.8) is 0 Å². The monoisotopic (exact) mass is 376 g/mol. The molecule has 1 heterocycles. The average Bonchev–Trinajstić information content (AvgIpc) is 2.67. The van der Waals surface area contributed by atoms with Crippen LogP contribution in [-0.4, -0.2) is 44.4 Å². The fraction of sp³-hybridized carbons (Fsp3) is 0.619. The van der Waals surface area contributed by atoms with Crippen LogP contribution in [0.3, 0.4) is 0 Å². The topological polar surface area (TPSA) is 76.7 Å². The summed E-state index contributed by atoms with van der Waals surface area (Å²) in [6.45, 7) is 7.79. The van der Waals surface area contributed by atoms with E-state index in [9.17, 15) is 9.59 Å². The van der Waals surface area contributed by atoms with E-state index in [1.807, 2.05) is 30.3 Å². The number of hydrogen-bond acceptors (Lipinski definition) is 4. The van der Waals surface area contributed by atoms with Crippen molar-refractivity contribution in [2.45, 2.75) is 51.5 Å². The second-order valence-corrected chi connectivity index (χ2v) is 7.46. The van der Waals surface area contributed by atoms with Gasteiger partial charge >= 0.3 is 6.09 Å². The lowest BCUT2D eigenvalue weighted by Crippen LogP contribution is -2.52. The highest BCUT2D eigenvalue weighted by Crippen LogP contribution is 2.35. The van der Waals surface area contributed by atoms with Gasteiger partial charge in [0, 0.05) is 25.8 Å². The molecule has 0 saturated carbocycles. The number of amides is 2. The minimum Gasteiger partial charge on any atom is -0.450 e. The molecule has 0 bridgehead atoms. The maximum atomic E-state index is 13.2. The molecule has 1 unspecified atom stereocenters. The van der Waals surface area contributed by atoms with Gasteiger partial charge in [-0.3, -0.25) is 4.79 Å². The van der Waals surface area contributed by atoms with E-state index in [4.69, 9.17) is 9.47 Å². The first-order valence-electron chi connectivity index (χ1n) is 9.82. The molecule has 2 N–H and O–H groups in total. The number of rotatable bonds is 8. The summed E-state index contributed by atoms with van der Waals surface area (Å²) in [6, 6.07) is 9.73. The Kier molecular flexibility index (Phi) is 8.10. The van der Waals surface area contributed by atoms with Gasteiger partial charge in [-0.15, -0.1) is 0 Å². The molecule has 0 aromatic heterocycles. The van der Waals surface area contributed by atoms with Crippen LogP contribution in [0.1, 0.15) is 45.6 Å². The Morgan fingerprint density at radius 2 is 1.85 bits per heavy atom. The van der Waals surface area contributed by atoms with Gasteiger partial charge in [-0.1, -0.05) is 44.2 Å². The summed E-state index contributed by atoms with van der Waals surface area (Å²) in [7, 11) is 0. The molecule has 1 aliphatic heterocycles. The molecule has 2 amide bonds. The average molecular weight is 376 g/mol. The van der Waals surface area contributed by atoms with Crippen molar-refractivity contribution in [2.75, 3.05) is 26.4 Å². The zero-order valence-corrected chi connectivity index (χ0v) is 16.6. The Hall–Kier alpha value is -2.08. The SMILES string of the molecule is CCOC(=O)NC(CNC(=O)C1(c2ccccc2)CCOCC1)CC(C)C. The van der Waals surface area contributed by atoms with Crippen molar-refractivity contribution in [1.29, 1.82) is 0 Å². The molecule has 6 nitrogen and oxygen atoms in total. The molecule has 0 radical (unpaired) electrons. The van der Waals surface area contributed by atoms with Crippen LogP contribution in [0.2, 0.25) is 0 Å². The normalized spacial score (nSPS) is 17.2. The molecule has 1 atom stereocenters. The number of benzene rings is 1. The standard InChI is InChI=1S/C21H32N2O4/c1-4-27-20(25)23-18(14-16(2)3)15-22-19(24)21(10-12-26-13-11-21)17-8-6-5-7-9-17/h5-9,16,18H,4,10-15H2,1-3H3,(H,22,24)(H,23,25). The zero-order chi connectivity index (χ0) is 19.7. The zero-order valence-electron chi connectivity index (χ0n) is 16.6. The van der Waals surface area contributed by atoms with Gasteiger partial charge in [-0.05, 0) is 37.7 Å². The minimum absolute atomic E-state index is 0.00332. The van der Waals surface area contributed by atoms with Crippen LogP contribution in [-0.2, 0) is 19.7 Å². The summed E-state index contributed by atoms with van der Waals surface area (Å²) >= 11 is 0. The summed E-state index contributed by atoms with van der Waals surface area (Å²) in [5.74, 6) is 0.386. The van der Waals surface area contributed by atoms with Gasteiger partial charge in [-0.25, -0.2) is 4.79 Å². The summed E-state index contributed by atoms with van der Waals surface area (Å²) < 4.78 is 10.5. The smallest absolute Gasteiger partial charge is 0.407 e. The van der Waals surface area contributed by atoms with Gasteiger partial charge in [0.15, 0.2) is 0 Å². The lowest BCUT2D eigenvalue weighted by molar-refractivity contribution is -0.130. The first-order valence-corrected chi connectivity index (χ1v) is 9.82. The van der Waals surface area contributed by atoms with Gasteiger partial charge in [0.25, 0.3) is 0 Å². The number of alkyl carbamates (subject to hydrolysis) is 1.